The van der Waals surface area contributed by atoms with Crippen LogP contribution in [0.2, 0.25) is 0 Å². The summed E-state index contributed by atoms with van der Waals surface area (Å²) >= 11 is 0. The van der Waals surface area contributed by atoms with Crippen LogP contribution < -0.4 is 15.4 Å². The number of carbonyl (C=O) groups excluding carboxylic acids is 3. The predicted octanol–water partition coefficient (Wildman–Crippen LogP) is 2.37. The normalized spacial score (nSPS) is 15.0. The molecule has 1 saturated heterocycles. The number of ether oxygens (including phenoxy) is 1. The molecule has 2 N–H and O–H groups in total. The number of hydrogen-bond donors (Lipinski definition) is 2. The minimum atomic E-state index is -0.719. The summed E-state index contributed by atoms with van der Waals surface area (Å²) in [6, 6.07) is 11.8. The van der Waals surface area contributed by atoms with Crippen molar-refractivity contribution in [1.29, 1.82) is 0 Å². The van der Waals surface area contributed by atoms with Gasteiger partial charge in [0.25, 0.3) is 5.91 Å². The first-order valence-electron chi connectivity index (χ1n) is 8.01. The fraction of sp³-hybridized carbons (Fsp3) is 0.105. The van der Waals surface area contributed by atoms with Gasteiger partial charge in [-0.1, -0.05) is 24.3 Å². The number of nitrogens with one attached hydrogen (secondary N) is 2. The molecule has 0 bridgehead atoms. The van der Waals surface area contributed by atoms with Crippen LogP contribution in [0.3, 0.4) is 0 Å². The Morgan fingerprint density at radius 3 is 2.56 bits per heavy atom. The molecule has 3 rings (SSSR count). The number of carbonyl (C=O) groups is 3. The van der Waals surface area contributed by atoms with Gasteiger partial charge in [0.2, 0.25) is 5.91 Å². The van der Waals surface area contributed by atoms with Crippen LogP contribution in [0.4, 0.5) is 14.9 Å². The second-order valence-corrected chi connectivity index (χ2v) is 5.68. The molecule has 0 unspecified atom stereocenters. The summed E-state index contributed by atoms with van der Waals surface area (Å²) in [5, 5.41) is 4.76. The van der Waals surface area contributed by atoms with Crippen LogP contribution >= 0.6 is 0 Å². The van der Waals surface area contributed by atoms with Crippen LogP contribution in [0.25, 0.3) is 6.08 Å². The monoisotopic (exact) mass is 369 g/mol. The Balaban J connectivity index is 1.69. The number of rotatable bonds is 5. The molecular weight excluding hydrogens is 353 g/mol. The number of halogens is 1. The van der Waals surface area contributed by atoms with Crippen molar-refractivity contribution in [3.8, 4) is 5.75 Å². The van der Waals surface area contributed by atoms with Crippen LogP contribution in [0, 0.1) is 5.82 Å². The second-order valence-electron chi connectivity index (χ2n) is 5.68. The molecule has 1 heterocycles. The molecule has 0 atom stereocenters. The van der Waals surface area contributed by atoms with Gasteiger partial charge in [0.1, 0.15) is 23.8 Å². The van der Waals surface area contributed by atoms with Crippen molar-refractivity contribution >= 4 is 29.6 Å². The number of methoxy groups -OCH3 is 1. The van der Waals surface area contributed by atoms with Crippen molar-refractivity contribution in [1.82, 2.24) is 10.2 Å². The third kappa shape index (κ3) is 4.12. The van der Waals surface area contributed by atoms with Crippen LogP contribution in [0.15, 0.2) is 54.2 Å². The van der Waals surface area contributed by atoms with Crippen molar-refractivity contribution in [2.45, 2.75) is 0 Å². The first-order chi connectivity index (χ1) is 13.0. The number of anilines is 1. The maximum Gasteiger partial charge on any atom is 0.329 e. The molecule has 1 aliphatic rings. The van der Waals surface area contributed by atoms with E-state index in [1.807, 2.05) is 0 Å². The Hall–Kier alpha value is -3.68. The van der Waals surface area contributed by atoms with Gasteiger partial charge in [-0.15, -0.1) is 0 Å². The third-order valence-corrected chi connectivity index (χ3v) is 3.84. The molecule has 1 fully saturated rings. The van der Waals surface area contributed by atoms with Gasteiger partial charge in [-0.2, -0.15) is 0 Å². The number of amides is 4. The molecule has 0 aromatic heterocycles. The maximum atomic E-state index is 13.6. The zero-order valence-corrected chi connectivity index (χ0v) is 14.4. The Kier molecular flexibility index (Phi) is 5.16. The van der Waals surface area contributed by atoms with Crippen molar-refractivity contribution in [2.75, 3.05) is 19.0 Å². The van der Waals surface area contributed by atoms with Crippen LogP contribution in [0.5, 0.6) is 5.75 Å². The molecule has 8 heteroatoms. The zero-order valence-electron chi connectivity index (χ0n) is 14.4. The first kappa shape index (κ1) is 18.1. The fourth-order valence-electron chi connectivity index (χ4n) is 2.48. The SMILES string of the molecule is COc1ccc(/C=C2/NC(=O)N(CC(=O)Nc3ccccc3F)C2=O)cc1. The van der Waals surface area contributed by atoms with Gasteiger partial charge in [-0.3, -0.25) is 9.59 Å². The molecular formula is C19H16FN3O4. The van der Waals surface area contributed by atoms with Gasteiger partial charge in [0.05, 0.1) is 12.8 Å². The Morgan fingerprint density at radius 1 is 1.19 bits per heavy atom. The van der Waals surface area contributed by atoms with Gasteiger partial charge in [0.15, 0.2) is 0 Å². The average Bonchev–Trinajstić information content (AvgIpc) is 2.91. The van der Waals surface area contributed by atoms with Gasteiger partial charge in [0, 0.05) is 0 Å². The number of benzene rings is 2. The van der Waals surface area contributed by atoms with Gasteiger partial charge < -0.3 is 15.4 Å². The lowest BCUT2D eigenvalue weighted by molar-refractivity contribution is -0.127. The standard InChI is InChI=1S/C19H16FN3O4/c1-27-13-8-6-12(7-9-13)10-16-18(25)23(19(26)22-16)11-17(24)21-15-5-3-2-4-14(15)20/h2-10H,11H2,1H3,(H,21,24)(H,22,26)/b16-10+. The van der Waals surface area contributed by atoms with Crippen LogP contribution in [-0.2, 0) is 9.59 Å². The van der Waals surface area contributed by atoms with Gasteiger partial charge in [-0.25, -0.2) is 14.1 Å². The third-order valence-electron chi connectivity index (χ3n) is 3.84. The summed E-state index contributed by atoms with van der Waals surface area (Å²) in [4.78, 5) is 37.2. The van der Waals surface area contributed by atoms with E-state index >= 15 is 0 Å². The highest BCUT2D eigenvalue weighted by atomic mass is 19.1. The molecule has 2 aromatic rings. The molecule has 0 saturated carbocycles. The van der Waals surface area contributed by atoms with E-state index < -0.39 is 30.2 Å². The minimum Gasteiger partial charge on any atom is -0.497 e. The van der Waals surface area contributed by atoms with Crippen molar-refractivity contribution < 1.29 is 23.5 Å². The zero-order chi connectivity index (χ0) is 19.4. The number of nitrogens with zero attached hydrogens (tertiary/aromatic N) is 1. The summed E-state index contributed by atoms with van der Waals surface area (Å²) in [6.07, 6.45) is 1.49. The maximum absolute atomic E-state index is 13.6. The molecule has 0 radical (unpaired) electrons. The van der Waals surface area contributed by atoms with E-state index in [0.29, 0.717) is 11.3 Å². The molecule has 27 heavy (non-hydrogen) atoms. The Bertz CT molecular complexity index is 925. The number of imide groups is 1. The smallest absolute Gasteiger partial charge is 0.329 e. The molecule has 4 amide bonds. The lowest BCUT2D eigenvalue weighted by Crippen LogP contribution is -2.38. The van der Waals surface area contributed by atoms with Crippen molar-refractivity contribution in [2.24, 2.45) is 0 Å². The van der Waals surface area contributed by atoms with Gasteiger partial charge >= 0.3 is 6.03 Å². The predicted molar refractivity (Wildman–Crippen MR) is 96.2 cm³/mol. The molecule has 7 nitrogen and oxygen atoms in total. The van der Waals surface area contributed by atoms with Crippen LogP contribution in [0.1, 0.15) is 5.56 Å². The van der Waals surface area contributed by atoms with E-state index in [9.17, 15) is 18.8 Å². The Morgan fingerprint density at radius 2 is 1.89 bits per heavy atom. The average molecular weight is 369 g/mol. The number of hydrogen-bond acceptors (Lipinski definition) is 4. The van der Waals surface area contributed by atoms with E-state index in [1.54, 1.807) is 37.4 Å². The number of urea groups is 1. The highest BCUT2D eigenvalue weighted by Gasteiger charge is 2.34. The first-order valence-corrected chi connectivity index (χ1v) is 8.01. The Labute approximate surface area is 154 Å². The molecule has 2 aromatic carbocycles. The summed E-state index contributed by atoms with van der Waals surface area (Å²) in [5.74, 6) is -1.28. The lowest BCUT2D eigenvalue weighted by atomic mass is 10.2. The van der Waals surface area contributed by atoms with Crippen molar-refractivity contribution in [3.05, 3.63) is 65.6 Å². The van der Waals surface area contributed by atoms with Crippen LogP contribution in [-0.4, -0.2) is 36.4 Å². The molecule has 1 aliphatic heterocycles. The molecule has 0 spiro atoms. The van der Waals surface area contributed by atoms with E-state index in [1.165, 1.54) is 24.3 Å². The topological polar surface area (TPSA) is 87.7 Å². The quantitative estimate of drug-likeness (QED) is 0.626. The van der Waals surface area contributed by atoms with E-state index in [4.69, 9.17) is 4.74 Å². The van der Waals surface area contributed by atoms with Crippen molar-refractivity contribution in [3.63, 3.8) is 0 Å². The molecule has 138 valence electrons. The summed E-state index contributed by atoms with van der Waals surface area (Å²) < 4.78 is 18.6. The van der Waals surface area contributed by atoms with Gasteiger partial charge in [-0.05, 0) is 35.9 Å². The summed E-state index contributed by atoms with van der Waals surface area (Å²) in [7, 11) is 1.54. The minimum absolute atomic E-state index is 0.0245. The van der Waals surface area contributed by atoms with E-state index in [-0.39, 0.29) is 11.4 Å². The fourth-order valence-corrected chi connectivity index (χ4v) is 2.48. The highest BCUT2D eigenvalue weighted by molar-refractivity contribution is 6.15. The lowest BCUT2D eigenvalue weighted by Gasteiger charge is -2.12. The number of para-hydroxylation sites is 1. The van der Waals surface area contributed by atoms with E-state index in [0.717, 1.165) is 4.90 Å². The summed E-state index contributed by atoms with van der Waals surface area (Å²) in [5.41, 5.74) is 0.699. The highest BCUT2D eigenvalue weighted by Crippen LogP contribution is 2.17. The largest absolute Gasteiger partial charge is 0.497 e. The molecule has 0 aliphatic carbocycles. The second kappa shape index (κ2) is 7.69. The van der Waals surface area contributed by atoms with E-state index in [2.05, 4.69) is 10.6 Å². The summed E-state index contributed by atoms with van der Waals surface area (Å²) in [6.45, 7) is -0.529.